The summed E-state index contributed by atoms with van der Waals surface area (Å²) in [6.45, 7) is 2.03. The van der Waals surface area contributed by atoms with E-state index in [1.807, 2.05) is 48.7 Å². The van der Waals surface area contributed by atoms with Gasteiger partial charge in [-0.25, -0.2) is 4.98 Å². The fraction of sp³-hybridized carbons (Fsp3) is 0.150. The van der Waals surface area contributed by atoms with E-state index in [9.17, 15) is 9.59 Å². The van der Waals surface area contributed by atoms with Crippen molar-refractivity contribution >= 4 is 34.0 Å². The van der Waals surface area contributed by atoms with Crippen LogP contribution in [0.4, 0.5) is 10.8 Å². The van der Waals surface area contributed by atoms with Crippen molar-refractivity contribution in [1.29, 1.82) is 0 Å². The highest BCUT2D eigenvalue weighted by molar-refractivity contribution is 7.14. The average Bonchev–Trinajstić information content (AvgIpc) is 3.11. The number of nitrogens with zero attached hydrogens (tertiary/aromatic N) is 1. The second-order valence-corrected chi connectivity index (χ2v) is 7.11. The van der Waals surface area contributed by atoms with Crippen LogP contribution in [0.5, 0.6) is 5.75 Å². The second kappa shape index (κ2) is 7.20. The van der Waals surface area contributed by atoms with Crippen LogP contribution in [0.15, 0.2) is 53.9 Å². The minimum atomic E-state index is -0.864. The Hall–Kier alpha value is -3.19. The maximum atomic E-state index is 12.3. The van der Waals surface area contributed by atoms with Gasteiger partial charge in [0.25, 0.3) is 5.91 Å². The molecule has 2 aromatic carbocycles. The van der Waals surface area contributed by atoms with Gasteiger partial charge in [0.15, 0.2) is 11.2 Å². The van der Waals surface area contributed by atoms with E-state index in [2.05, 4.69) is 15.6 Å². The number of amides is 2. The minimum Gasteiger partial charge on any atom is -0.478 e. The molecule has 7 heteroatoms. The van der Waals surface area contributed by atoms with Crippen molar-refractivity contribution in [3.8, 4) is 17.0 Å². The molecule has 0 radical (unpaired) electrons. The molecule has 1 aliphatic rings. The fourth-order valence-corrected chi connectivity index (χ4v) is 3.49. The van der Waals surface area contributed by atoms with Crippen LogP contribution >= 0.6 is 11.3 Å². The zero-order valence-corrected chi connectivity index (χ0v) is 15.4. The van der Waals surface area contributed by atoms with Crippen molar-refractivity contribution < 1.29 is 14.3 Å². The van der Waals surface area contributed by atoms with Gasteiger partial charge in [-0.05, 0) is 19.1 Å². The number of benzene rings is 2. The van der Waals surface area contributed by atoms with E-state index >= 15 is 0 Å². The molecule has 136 valence electrons. The van der Waals surface area contributed by atoms with E-state index in [0.717, 1.165) is 11.3 Å². The largest absolute Gasteiger partial charge is 0.478 e. The quantitative estimate of drug-likeness (QED) is 0.722. The molecule has 0 fully saturated rings. The Morgan fingerprint density at radius 2 is 2.00 bits per heavy atom. The summed E-state index contributed by atoms with van der Waals surface area (Å²) in [5.41, 5.74) is 3.58. The third kappa shape index (κ3) is 3.83. The first-order valence-corrected chi connectivity index (χ1v) is 9.35. The lowest BCUT2D eigenvalue weighted by atomic mass is 10.1. The molecule has 0 bridgehead atoms. The first kappa shape index (κ1) is 17.2. The van der Waals surface area contributed by atoms with E-state index < -0.39 is 6.10 Å². The summed E-state index contributed by atoms with van der Waals surface area (Å²) in [5.74, 6) is -0.0894. The highest BCUT2D eigenvalue weighted by atomic mass is 32.1. The van der Waals surface area contributed by atoms with Crippen LogP contribution in [0.25, 0.3) is 11.3 Å². The summed E-state index contributed by atoms with van der Waals surface area (Å²) in [5, 5.41) is 7.88. The molecule has 0 aliphatic carbocycles. The molecule has 27 heavy (non-hydrogen) atoms. The summed E-state index contributed by atoms with van der Waals surface area (Å²) >= 11 is 1.34. The number of hydrogen-bond acceptors (Lipinski definition) is 5. The number of anilines is 2. The van der Waals surface area contributed by atoms with Crippen LogP contribution in [0.3, 0.4) is 0 Å². The predicted octanol–water partition coefficient (Wildman–Crippen LogP) is 3.85. The number of para-hydroxylation sites is 2. The van der Waals surface area contributed by atoms with Crippen molar-refractivity contribution in [3.63, 3.8) is 0 Å². The Morgan fingerprint density at radius 3 is 2.81 bits per heavy atom. The van der Waals surface area contributed by atoms with Crippen LogP contribution in [-0.4, -0.2) is 22.9 Å². The van der Waals surface area contributed by atoms with Gasteiger partial charge >= 0.3 is 0 Å². The van der Waals surface area contributed by atoms with Crippen LogP contribution in [0.1, 0.15) is 12.0 Å². The van der Waals surface area contributed by atoms with Gasteiger partial charge in [0.2, 0.25) is 5.91 Å². The lowest BCUT2D eigenvalue weighted by Gasteiger charge is -2.25. The van der Waals surface area contributed by atoms with Gasteiger partial charge in [-0.3, -0.25) is 9.59 Å². The van der Waals surface area contributed by atoms with Gasteiger partial charge < -0.3 is 15.4 Å². The van der Waals surface area contributed by atoms with Gasteiger partial charge in [0.05, 0.1) is 17.8 Å². The SMILES string of the molecule is Cc1ccc(-c2csc(NC(=O)CC3Oc4ccccc4NC3=O)n2)cc1. The van der Waals surface area contributed by atoms with Crippen LogP contribution in [0, 0.1) is 6.92 Å². The zero-order chi connectivity index (χ0) is 18.8. The van der Waals surface area contributed by atoms with Gasteiger partial charge in [-0.2, -0.15) is 0 Å². The molecule has 0 spiro atoms. The summed E-state index contributed by atoms with van der Waals surface area (Å²) < 4.78 is 5.65. The van der Waals surface area contributed by atoms with Crippen LogP contribution in [0.2, 0.25) is 0 Å². The number of aromatic nitrogens is 1. The summed E-state index contributed by atoms with van der Waals surface area (Å²) in [6.07, 6.45) is -0.948. The average molecular weight is 379 g/mol. The maximum Gasteiger partial charge on any atom is 0.266 e. The number of hydrogen-bond donors (Lipinski definition) is 2. The Balaban J connectivity index is 1.40. The summed E-state index contributed by atoms with van der Waals surface area (Å²) in [4.78, 5) is 28.9. The zero-order valence-electron chi connectivity index (χ0n) is 14.6. The molecular weight excluding hydrogens is 362 g/mol. The normalized spacial score (nSPS) is 15.4. The van der Waals surface area contributed by atoms with Crippen molar-refractivity contribution in [2.75, 3.05) is 10.6 Å². The second-order valence-electron chi connectivity index (χ2n) is 6.25. The third-order valence-corrected chi connectivity index (χ3v) is 4.93. The van der Waals surface area contributed by atoms with Crippen LogP contribution < -0.4 is 15.4 Å². The first-order valence-electron chi connectivity index (χ1n) is 8.47. The molecule has 0 saturated carbocycles. The first-order chi connectivity index (χ1) is 13.1. The number of aryl methyl sites for hydroxylation is 1. The van der Waals surface area contributed by atoms with Crippen molar-refractivity contribution in [1.82, 2.24) is 4.98 Å². The van der Waals surface area contributed by atoms with Crippen LogP contribution in [-0.2, 0) is 9.59 Å². The van der Waals surface area contributed by atoms with E-state index in [4.69, 9.17) is 4.74 Å². The van der Waals surface area contributed by atoms with E-state index in [1.165, 1.54) is 16.9 Å². The van der Waals surface area contributed by atoms with E-state index in [-0.39, 0.29) is 18.2 Å². The Morgan fingerprint density at radius 1 is 1.22 bits per heavy atom. The molecule has 1 unspecified atom stereocenters. The maximum absolute atomic E-state index is 12.3. The van der Waals surface area contributed by atoms with Gasteiger partial charge in [0, 0.05) is 10.9 Å². The van der Waals surface area contributed by atoms with Crippen molar-refractivity contribution in [2.45, 2.75) is 19.4 Å². The lowest BCUT2D eigenvalue weighted by Crippen LogP contribution is -2.39. The number of ether oxygens (including phenoxy) is 1. The lowest BCUT2D eigenvalue weighted by molar-refractivity contribution is -0.128. The number of thiazole rings is 1. The molecule has 2 N–H and O–H groups in total. The number of nitrogens with one attached hydrogen (secondary N) is 2. The topological polar surface area (TPSA) is 80.3 Å². The minimum absolute atomic E-state index is 0.0837. The Labute approximate surface area is 160 Å². The molecule has 0 saturated heterocycles. The number of carbonyl (C=O) groups is 2. The van der Waals surface area contributed by atoms with Gasteiger partial charge in [0.1, 0.15) is 5.75 Å². The summed E-state index contributed by atoms with van der Waals surface area (Å²) in [6, 6.07) is 15.2. The molecular formula is C20H17N3O3S. The Kier molecular flexibility index (Phi) is 4.60. The van der Waals surface area contributed by atoms with Crippen molar-refractivity contribution in [3.05, 3.63) is 59.5 Å². The molecule has 4 rings (SSSR count). The highest BCUT2D eigenvalue weighted by Gasteiger charge is 2.29. The standard InChI is InChI=1S/C20H17N3O3S/c1-12-6-8-13(9-7-12)15-11-27-20(22-15)23-18(24)10-17-19(25)21-14-4-2-3-5-16(14)26-17/h2-9,11,17H,10H2,1H3,(H,21,25)(H,22,23,24). The number of fused-ring (bicyclic) bond motifs is 1. The predicted molar refractivity (Wildman–Crippen MR) is 105 cm³/mol. The van der Waals surface area contributed by atoms with E-state index in [1.54, 1.807) is 12.1 Å². The fourth-order valence-electron chi connectivity index (χ4n) is 2.75. The molecule has 1 aliphatic heterocycles. The number of rotatable bonds is 4. The van der Waals surface area contributed by atoms with Gasteiger partial charge in [-0.15, -0.1) is 11.3 Å². The monoisotopic (exact) mass is 379 g/mol. The molecule has 2 heterocycles. The molecule has 1 aromatic heterocycles. The van der Waals surface area contributed by atoms with Gasteiger partial charge in [-0.1, -0.05) is 42.0 Å². The number of carbonyl (C=O) groups excluding carboxylic acids is 2. The molecule has 1 atom stereocenters. The molecule has 2 amide bonds. The Bertz CT molecular complexity index is 998. The summed E-state index contributed by atoms with van der Waals surface area (Å²) in [7, 11) is 0. The smallest absolute Gasteiger partial charge is 0.266 e. The van der Waals surface area contributed by atoms with E-state index in [0.29, 0.717) is 16.6 Å². The third-order valence-electron chi connectivity index (χ3n) is 4.18. The molecule has 3 aromatic rings. The highest BCUT2D eigenvalue weighted by Crippen LogP contribution is 2.30. The molecule has 6 nitrogen and oxygen atoms in total. The van der Waals surface area contributed by atoms with Crippen molar-refractivity contribution in [2.24, 2.45) is 0 Å².